The Labute approximate surface area is 220 Å². The number of ketones is 2. The number of aliphatic hydroxyl groups is 1. The van der Waals surface area contributed by atoms with Crippen molar-refractivity contribution < 1.29 is 34.3 Å². The van der Waals surface area contributed by atoms with E-state index in [0.29, 0.717) is 24.3 Å². The van der Waals surface area contributed by atoms with Gasteiger partial charge in [0, 0.05) is 24.7 Å². The summed E-state index contributed by atoms with van der Waals surface area (Å²) in [5.41, 5.74) is 4.46. The SMILES string of the molecule is CC(CCC1CC[NH2+]C(N)C1)=C(CO)CC12OC1(C(=O)OC1CCCCC1)C(=O)C1CCCCC1C2=O. The van der Waals surface area contributed by atoms with Crippen molar-refractivity contribution in [2.75, 3.05) is 13.2 Å². The monoisotopic (exact) mass is 517 g/mol. The highest BCUT2D eigenvalue weighted by molar-refractivity contribution is 6.23. The first kappa shape index (κ1) is 27.0. The second-order valence-electron chi connectivity index (χ2n) is 12.3. The van der Waals surface area contributed by atoms with Gasteiger partial charge in [0.25, 0.3) is 5.60 Å². The molecule has 5 rings (SSSR count). The lowest BCUT2D eigenvalue weighted by Crippen LogP contribution is -2.94. The molecule has 6 unspecified atom stereocenters. The predicted octanol–water partition coefficient (Wildman–Crippen LogP) is 2.07. The molecule has 8 heteroatoms. The van der Waals surface area contributed by atoms with Crippen molar-refractivity contribution in [1.82, 2.24) is 0 Å². The van der Waals surface area contributed by atoms with Crippen LogP contribution in [0, 0.1) is 17.8 Å². The van der Waals surface area contributed by atoms with Crippen molar-refractivity contribution in [3.63, 3.8) is 0 Å². The normalized spacial score (nSPS) is 38.9. The maximum atomic E-state index is 14.0. The van der Waals surface area contributed by atoms with Gasteiger partial charge in [-0.25, -0.2) is 4.79 Å². The molecule has 0 spiro atoms. The molecule has 5 aliphatic rings. The number of allylic oxidation sites excluding steroid dienone is 1. The Morgan fingerprint density at radius 2 is 1.73 bits per heavy atom. The number of hydrogen-bond donors (Lipinski definition) is 3. The first-order chi connectivity index (χ1) is 17.8. The van der Waals surface area contributed by atoms with Crippen LogP contribution in [0.2, 0.25) is 0 Å². The molecule has 0 aromatic carbocycles. The fraction of sp³-hybridized carbons (Fsp3) is 0.828. The zero-order valence-corrected chi connectivity index (χ0v) is 22.3. The zero-order valence-electron chi connectivity index (χ0n) is 22.3. The Morgan fingerprint density at radius 3 is 2.41 bits per heavy atom. The van der Waals surface area contributed by atoms with Crippen LogP contribution < -0.4 is 11.1 Å². The van der Waals surface area contributed by atoms with E-state index in [9.17, 15) is 19.5 Å². The van der Waals surface area contributed by atoms with Gasteiger partial charge >= 0.3 is 5.97 Å². The molecule has 2 aliphatic heterocycles. The van der Waals surface area contributed by atoms with Gasteiger partial charge in [-0.2, -0.15) is 0 Å². The molecule has 0 radical (unpaired) electrons. The number of esters is 1. The third-order valence-corrected chi connectivity index (χ3v) is 9.99. The van der Waals surface area contributed by atoms with Crippen LogP contribution in [0.25, 0.3) is 0 Å². The standard InChI is InChI=1S/C29H44N2O6/c1-18(11-12-19-13-14-31-24(30)15-19)20(17-32)16-28-25(33)22-9-5-6-10-23(22)26(34)29(28,37-28)27(35)36-21-7-3-2-4-8-21/h19,21-24,31-32H,2-17,30H2,1H3/p+1. The Hall–Kier alpha value is -1.61. The highest BCUT2D eigenvalue weighted by Gasteiger charge is 2.87. The minimum absolute atomic E-state index is 0.0842. The Bertz CT molecular complexity index is 943. The summed E-state index contributed by atoms with van der Waals surface area (Å²) in [5, 5.41) is 12.5. The van der Waals surface area contributed by atoms with E-state index < -0.39 is 29.0 Å². The first-order valence-corrected chi connectivity index (χ1v) is 14.7. The topological polar surface area (TPSA) is 136 Å². The number of nitrogens with two attached hydrogens (primary N) is 2. The highest BCUT2D eigenvalue weighted by atomic mass is 16.7. The number of carbonyl (C=O) groups excluding carboxylic acids is 3. The van der Waals surface area contributed by atoms with Gasteiger partial charge in [-0.3, -0.25) is 15.3 Å². The lowest BCUT2D eigenvalue weighted by molar-refractivity contribution is -0.699. The smallest absolute Gasteiger partial charge is 0.350 e. The Kier molecular flexibility index (Phi) is 7.93. The van der Waals surface area contributed by atoms with Crippen molar-refractivity contribution in [2.45, 2.75) is 120 Å². The maximum Gasteiger partial charge on any atom is 0.350 e. The van der Waals surface area contributed by atoms with Gasteiger partial charge < -0.3 is 19.9 Å². The molecule has 0 aromatic heterocycles. The predicted molar refractivity (Wildman–Crippen MR) is 136 cm³/mol. The largest absolute Gasteiger partial charge is 0.460 e. The molecule has 37 heavy (non-hydrogen) atoms. The van der Waals surface area contributed by atoms with Crippen LogP contribution in [0.15, 0.2) is 11.1 Å². The summed E-state index contributed by atoms with van der Waals surface area (Å²) in [6.07, 6.45) is 11.6. The Balaban J connectivity index is 1.39. The third kappa shape index (κ3) is 4.83. The molecule has 2 saturated heterocycles. The summed E-state index contributed by atoms with van der Waals surface area (Å²) in [6, 6.07) is 0. The van der Waals surface area contributed by atoms with Crippen LogP contribution in [0.5, 0.6) is 0 Å². The van der Waals surface area contributed by atoms with E-state index >= 15 is 0 Å². The van der Waals surface area contributed by atoms with Crippen LogP contribution >= 0.6 is 0 Å². The molecule has 3 saturated carbocycles. The van der Waals surface area contributed by atoms with Crippen LogP contribution in [0.1, 0.15) is 96.8 Å². The van der Waals surface area contributed by atoms with Gasteiger partial charge in [0.15, 0.2) is 17.2 Å². The fourth-order valence-electron chi connectivity index (χ4n) is 7.65. The van der Waals surface area contributed by atoms with E-state index in [1.165, 1.54) is 0 Å². The average molecular weight is 518 g/mol. The van der Waals surface area contributed by atoms with Crippen LogP contribution in [-0.2, 0) is 23.9 Å². The minimum atomic E-state index is -1.84. The number of carbonyl (C=O) groups is 3. The summed E-state index contributed by atoms with van der Waals surface area (Å²) < 4.78 is 12.0. The van der Waals surface area contributed by atoms with E-state index in [1.54, 1.807) is 0 Å². The van der Waals surface area contributed by atoms with Gasteiger partial charge in [-0.1, -0.05) is 24.8 Å². The van der Waals surface area contributed by atoms with Crippen LogP contribution in [-0.4, -0.2) is 59.3 Å². The summed E-state index contributed by atoms with van der Waals surface area (Å²) in [6.45, 7) is 2.79. The number of ether oxygens (including phenoxy) is 2. The second kappa shape index (κ2) is 10.9. The number of Topliss-reactive ketones (excluding diaryl/α,β-unsaturated/α-hetero) is 2. The van der Waals surface area contributed by atoms with Gasteiger partial charge in [-0.05, 0) is 76.2 Å². The van der Waals surface area contributed by atoms with Crippen molar-refractivity contribution in [3.8, 4) is 0 Å². The molecule has 0 amide bonds. The van der Waals surface area contributed by atoms with E-state index in [-0.39, 0.29) is 36.9 Å². The van der Waals surface area contributed by atoms with Crippen molar-refractivity contribution >= 4 is 17.5 Å². The molecule has 3 aliphatic carbocycles. The second-order valence-corrected chi connectivity index (χ2v) is 12.3. The fourth-order valence-corrected chi connectivity index (χ4v) is 7.65. The van der Waals surface area contributed by atoms with E-state index in [2.05, 4.69) is 5.32 Å². The molecule has 5 N–H and O–H groups in total. The number of epoxide rings is 1. The number of piperidine rings is 1. The van der Waals surface area contributed by atoms with Crippen molar-refractivity contribution in [1.29, 1.82) is 0 Å². The van der Waals surface area contributed by atoms with E-state index in [1.807, 2.05) is 6.92 Å². The number of aliphatic hydroxyl groups excluding tert-OH is 1. The van der Waals surface area contributed by atoms with Crippen molar-refractivity contribution in [2.24, 2.45) is 23.5 Å². The van der Waals surface area contributed by atoms with Crippen molar-refractivity contribution in [3.05, 3.63) is 11.1 Å². The number of hydrogen-bond acceptors (Lipinski definition) is 7. The molecule has 6 atom stereocenters. The Morgan fingerprint density at radius 1 is 1.05 bits per heavy atom. The van der Waals surface area contributed by atoms with Gasteiger partial charge in [-0.15, -0.1) is 0 Å². The average Bonchev–Trinajstić information content (AvgIpc) is 3.61. The van der Waals surface area contributed by atoms with Gasteiger partial charge in [0.05, 0.1) is 13.2 Å². The highest BCUT2D eigenvalue weighted by Crippen LogP contribution is 2.62. The van der Waals surface area contributed by atoms with Gasteiger partial charge in [0.2, 0.25) is 0 Å². The number of fused-ring (bicyclic) bond motifs is 2. The van der Waals surface area contributed by atoms with E-state index in [0.717, 1.165) is 82.7 Å². The minimum Gasteiger partial charge on any atom is -0.460 e. The summed E-state index contributed by atoms with van der Waals surface area (Å²) >= 11 is 0. The third-order valence-electron chi connectivity index (χ3n) is 9.99. The molecule has 2 heterocycles. The molecule has 206 valence electrons. The number of rotatable bonds is 8. The van der Waals surface area contributed by atoms with Crippen LogP contribution in [0.3, 0.4) is 0 Å². The molecular weight excluding hydrogens is 472 g/mol. The lowest BCUT2D eigenvalue weighted by Gasteiger charge is -2.37. The summed E-state index contributed by atoms with van der Waals surface area (Å²) in [5.74, 6) is -1.41. The quantitative estimate of drug-likeness (QED) is 0.194. The molecule has 8 nitrogen and oxygen atoms in total. The molecular formula is C29H45N2O6+. The zero-order chi connectivity index (χ0) is 26.2. The van der Waals surface area contributed by atoms with Gasteiger partial charge in [0.1, 0.15) is 12.3 Å². The first-order valence-electron chi connectivity index (χ1n) is 14.7. The molecule has 5 fully saturated rings. The van der Waals surface area contributed by atoms with E-state index in [4.69, 9.17) is 15.2 Å². The molecule has 0 aromatic rings. The number of quaternary nitrogens is 1. The summed E-state index contributed by atoms with van der Waals surface area (Å²) in [7, 11) is 0. The lowest BCUT2D eigenvalue weighted by atomic mass is 9.60. The molecule has 0 bridgehead atoms. The maximum absolute atomic E-state index is 14.0. The summed E-state index contributed by atoms with van der Waals surface area (Å²) in [4.78, 5) is 41.5. The van der Waals surface area contributed by atoms with Crippen LogP contribution in [0.4, 0.5) is 0 Å².